The Morgan fingerprint density at radius 1 is 1.08 bits per heavy atom. The number of benzene rings is 2. The molecule has 0 aliphatic rings. The average molecular weight is 387 g/mol. The second kappa shape index (κ2) is 7.14. The number of aromatic hydroxyl groups is 1. The Labute approximate surface area is 156 Å². The molecule has 2 heterocycles. The van der Waals surface area contributed by atoms with Crippen molar-refractivity contribution in [1.82, 2.24) is 30.3 Å². The molecule has 8 nitrogen and oxygen atoms in total. The van der Waals surface area contributed by atoms with E-state index in [1.165, 1.54) is 11.8 Å². The first-order chi connectivity index (χ1) is 12.7. The van der Waals surface area contributed by atoms with Crippen molar-refractivity contribution >= 4 is 23.4 Å². The van der Waals surface area contributed by atoms with Gasteiger partial charge in [-0.05, 0) is 59.0 Å². The van der Waals surface area contributed by atoms with E-state index in [-0.39, 0.29) is 5.75 Å². The van der Waals surface area contributed by atoms with Gasteiger partial charge < -0.3 is 9.63 Å². The predicted octanol–water partition coefficient (Wildman–Crippen LogP) is 3.36. The van der Waals surface area contributed by atoms with Crippen molar-refractivity contribution in [2.45, 2.75) is 10.9 Å². The topological polar surface area (TPSA) is 103 Å². The van der Waals surface area contributed by atoms with Crippen molar-refractivity contribution in [2.75, 3.05) is 0 Å². The summed E-state index contributed by atoms with van der Waals surface area (Å²) in [5.74, 6) is 1.55. The van der Waals surface area contributed by atoms with Gasteiger partial charge in [-0.1, -0.05) is 28.5 Å². The van der Waals surface area contributed by atoms with Gasteiger partial charge in [0.1, 0.15) is 5.75 Å². The molecule has 4 aromatic rings. The first-order valence-corrected chi connectivity index (χ1v) is 8.84. The monoisotopic (exact) mass is 386 g/mol. The molecule has 10 heteroatoms. The third-order valence-corrected chi connectivity index (χ3v) is 4.59. The third-order valence-electron chi connectivity index (χ3n) is 3.43. The van der Waals surface area contributed by atoms with Gasteiger partial charge in [0.15, 0.2) is 0 Å². The zero-order valence-electron chi connectivity index (χ0n) is 13.2. The summed E-state index contributed by atoms with van der Waals surface area (Å²) < 4.78 is 6.85. The molecular formula is C16H11ClN6O2S. The Bertz CT molecular complexity index is 1020. The molecule has 2 aromatic heterocycles. The Morgan fingerprint density at radius 3 is 2.62 bits per heavy atom. The van der Waals surface area contributed by atoms with E-state index in [2.05, 4.69) is 25.7 Å². The van der Waals surface area contributed by atoms with Crippen LogP contribution in [0.1, 0.15) is 5.89 Å². The van der Waals surface area contributed by atoms with Crippen LogP contribution in [0.2, 0.25) is 5.02 Å². The summed E-state index contributed by atoms with van der Waals surface area (Å²) in [6, 6.07) is 13.8. The molecule has 0 fully saturated rings. The van der Waals surface area contributed by atoms with E-state index < -0.39 is 0 Å². The number of thioether (sulfide) groups is 1. The Hall–Kier alpha value is -2.91. The van der Waals surface area contributed by atoms with E-state index >= 15 is 0 Å². The van der Waals surface area contributed by atoms with Gasteiger partial charge in [-0.25, -0.2) is 0 Å². The lowest BCUT2D eigenvalue weighted by Gasteiger charge is -2.02. The maximum absolute atomic E-state index is 9.39. The van der Waals surface area contributed by atoms with E-state index in [9.17, 15) is 5.11 Å². The fourth-order valence-electron chi connectivity index (χ4n) is 2.18. The highest BCUT2D eigenvalue weighted by atomic mass is 35.5. The molecule has 0 aliphatic heterocycles. The number of tetrazole rings is 1. The molecule has 2 aromatic carbocycles. The van der Waals surface area contributed by atoms with Gasteiger partial charge in [-0.15, -0.1) is 5.10 Å². The number of nitrogens with zero attached hydrogens (tertiary/aromatic N) is 6. The van der Waals surface area contributed by atoms with Crippen LogP contribution in [0.3, 0.4) is 0 Å². The van der Waals surface area contributed by atoms with Crippen LogP contribution in [0, 0.1) is 0 Å². The van der Waals surface area contributed by atoms with Crippen LogP contribution in [0.25, 0.3) is 17.1 Å². The summed E-state index contributed by atoms with van der Waals surface area (Å²) in [6.45, 7) is 0. The average Bonchev–Trinajstić information content (AvgIpc) is 3.30. The molecule has 0 amide bonds. The number of halogens is 1. The van der Waals surface area contributed by atoms with Gasteiger partial charge in [-0.3, -0.25) is 0 Å². The molecule has 0 spiro atoms. The maximum Gasteiger partial charge on any atom is 0.237 e. The second-order valence-corrected chi connectivity index (χ2v) is 6.58. The lowest BCUT2D eigenvalue weighted by molar-refractivity contribution is 0.391. The van der Waals surface area contributed by atoms with Gasteiger partial charge in [-0.2, -0.15) is 9.67 Å². The fourth-order valence-corrected chi connectivity index (χ4v) is 3.04. The van der Waals surface area contributed by atoms with Gasteiger partial charge in [0.05, 0.1) is 11.4 Å². The van der Waals surface area contributed by atoms with Crippen molar-refractivity contribution < 1.29 is 9.63 Å². The number of aromatic nitrogens is 6. The van der Waals surface area contributed by atoms with Gasteiger partial charge >= 0.3 is 0 Å². The minimum atomic E-state index is 0.177. The third kappa shape index (κ3) is 3.53. The zero-order chi connectivity index (χ0) is 17.9. The van der Waals surface area contributed by atoms with Crippen molar-refractivity contribution in [1.29, 1.82) is 0 Å². The number of hydrogen-bond donors (Lipinski definition) is 1. The quantitative estimate of drug-likeness (QED) is 0.521. The van der Waals surface area contributed by atoms with E-state index in [0.29, 0.717) is 27.6 Å². The molecule has 0 aliphatic carbocycles. The number of rotatable bonds is 5. The van der Waals surface area contributed by atoms with Crippen LogP contribution in [0.5, 0.6) is 5.75 Å². The lowest BCUT2D eigenvalue weighted by atomic mass is 10.2. The predicted molar refractivity (Wildman–Crippen MR) is 95.1 cm³/mol. The number of phenols is 1. The lowest BCUT2D eigenvalue weighted by Crippen LogP contribution is -1.98. The molecule has 130 valence electrons. The summed E-state index contributed by atoms with van der Waals surface area (Å²) in [5.41, 5.74) is 1.56. The summed E-state index contributed by atoms with van der Waals surface area (Å²) in [5, 5.41) is 26.2. The highest BCUT2D eigenvalue weighted by Gasteiger charge is 2.13. The summed E-state index contributed by atoms with van der Waals surface area (Å²) in [4.78, 5) is 4.37. The first-order valence-electron chi connectivity index (χ1n) is 7.48. The Balaban J connectivity index is 1.48. The van der Waals surface area contributed by atoms with Crippen molar-refractivity contribution in [3.8, 4) is 22.8 Å². The summed E-state index contributed by atoms with van der Waals surface area (Å²) in [7, 11) is 0. The fraction of sp³-hybridized carbons (Fsp3) is 0.0625. The molecule has 0 saturated carbocycles. The van der Waals surface area contributed by atoms with Crippen LogP contribution in [0.4, 0.5) is 0 Å². The molecule has 0 atom stereocenters. The van der Waals surface area contributed by atoms with Crippen LogP contribution < -0.4 is 0 Å². The molecule has 4 rings (SSSR count). The maximum atomic E-state index is 9.39. The smallest absolute Gasteiger partial charge is 0.237 e. The van der Waals surface area contributed by atoms with E-state index in [4.69, 9.17) is 16.1 Å². The number of hydrogen-bond acceptors (Lipinski definition) is 8. The van der Waals surface area contributed by atoms with Crippen molar-refractivity contribution in [3.63, 3.8) is 0 Å². The molecule has 0 unspecified atom stereocenters. The van der Waals surface area contributed by atoms with E-state index in [0.717, 1.165) is 11.3 Å². The second-order valence-electron chi connectivity index (χ2n) is 5.20. The van der Waals surface area contributed by atoms with Gasteiger partial charge in [0.25, 0.3) is 0 Å². The largest absolute Gasteiger partial charge is 0.508 e. The summed E-state index contributed by atoms with van der Waals surface area (Å²) in [6.07, 6.45) is 0. The van der Waals surface area contributed by atoms with Crippen LogP contribution in [-0.2, 0) is 5.75 Å². The van der Waals surface area contributed by atoms with Crippen LogP contribution >= 0.6 is 23.4 Å². The van der Waals surface area contributed by atoms with Gasteiger partial charge in [0.2, 0.25) is 16.9 Å². The molecule has 0 radical (unpaired) electrons. The normalized spacial score (nSPS) is 11.0. The summed E-state index contributed by atoms with van der Waals surface area (Å²) >= 11 is 7.25. The van der Waals surface area contributed by atoms with E-state index in [1.807, 2.05) is 12.1 Å². The molecule has 0 saturated heterocycles. The van der Waals surface area contributed by atoms with Crippen molar-refractivity contribution in [2.24, 2.45) is 0 Å². The zero-order valence-corrected chi connectivity index (χ0v) is 14.7. The molecule has 26 heavy (non-hydrogen) atoms. The number of phenolic OH excluding ortho intramolecular Hbond substituents is 1. The van der Waals surface area contributed by atoms with Crippen molar-refractivity contribution in [3.05, 3.63) is 59.4 Å². The molecular weight excluding hydrogens is 376 g/mol. The SMILES string of the molecule is Oc1ccc(-n2nnnc2SCc2nc(-c3ccc(Cl)cc3)no2)cc1. The van der Waals surface area contributed by atoms with Crippen LogP contribution in [0.15, 0.2) is 58.2 Å². The van der Waals surface area contributed by atoms with Crippen LogP contribution in [-0.4, -0.2) is 35.5 Å². The minimum Gasteiger partial charge on any atom is -0.508 e. The first kappa shape index (κ1) is 16.6. The Morgan fingerprint density at radius 2 is 1.85 bits per heavy atom. The standard InChI is InChI=1S/C16H11ClN6O2S/c17-11-3-1-10(2-4-11)15-18-14(25-20-15)9-26-16-19-21-22-23(16)12-5-7-13(24)8-6-12/h1-8,24H,9H2. The molecule has 0 bridgehead atoms. The van der Waals surface area contributed by atoms with Gasteiger partial charge in [0, 0.05) is 10.6 Å². The van der Waals surface area contributed by atoms with E-state index in [1.54, 1.807) is 41.1 Å². The minimum absolute atomic E-state index is 0.177. The highest BCUT2D eigenvalue weighted by molar-refractivity contribution is 7.98. The Kier molecular flexibility index (Phi) is 4.55. The molecule has 1 N–H and O–H groups in total. The highest BCUT2D eigenvalue weighted by Crippen LogP contribution is 2.24.